The van der Waals surface area contributed by atoms with Gasteiger partial charge in [0.15, 0.2) is 17.5 Å². The van der Waals surface area contributed by atoms with Gasteiger partial charge >= 0.3 is 0 Å². The molecule has 0 amide bonds. The summed E-state index contributed by atoms with van der Waals surface area (Å²) in [5.41, 5.74) is 20.0. The molecule has 0 aliphatic carbocycles. The van der Waals surface area contributed by atoms with Gasteiger partial charge in [0, 0.05) is 88.0 Å². The lowest BCUT2D eigenvalue weighted by molar-refractivity contribution is 1.07. The Hall–Kier alpha value is -11.9. The van der Waals surface area contributed by atoms with Crippen molar-refractivity contribution in [2.45, 2.75) is 0 Å². The van der Waals surface area contributed by atoms with E-state index in [1.165, 1.54) is 32.3 Å². The molecule has 0 atom stereocenters. The number of fused-ring (bicyclic) bond motifs is 12. The van der Waals surface area contributed by atoms with E-state index in [2.05, 4.69) is 291 Å². The molecule has 13 aromatic carbocycles. The topological polar surface area (TPSA) is 58.4 Å². The number of nitrogens with zero attached hydrogens (tertiary/aromatic N) is 7. The summed E-state index contributed by atoms with van der Waals surface area (Å²) >= 11 is 0. The van der Waals surface area contributed by atoms with Crippen molar-refractivity contribution in [2.24, 2.45) is 0 Å². The lowest BCUT2D eigenvalue weighted by atomic mass is 9.92. The molecule has 0 bridgehead atoms. The first-order chi connectivity index (χ1) is 43.7. The largest absolute Gasteiger partial charge is 0.309 e. The molecule has 7 heteroatoms. The van der Waals surface area contributed by atoms with Crippen LogP contribution in [-0.4, -0.2) is 33.2 Å². The molecule has 410 valence electrons. The van der Waals surface area contributed by atoms with E-state index >= 15 is 0 Å². The van der Waals surface area contributed by atoms with E-state index in [0.717, 1.165) is 117 Å². The van der Waals surface area contributed by atoms with Crippen LogP contribution in [0.1, 0.15) is 0 Å². The summed E-state index contributed by atoms with van der Waals surface area (Å²) in [4.78, 5) is 16.1. The molecule has 0 aliphatic heterocycles. The van der Waals surface area contributed by atoms with Crippen LogP contribution < -0.4 is 0 Å². The number of para-hydroxylation sites is 7. The van der Waals surface area contributed by atoms with Crippen LogP contribution in [0.2, 0.25) is 0 Å². The normalized spacial score (nSPS) is 11.9. The highest BCUT2D eigenvalue weighted by molar-refractivity contribution is 6.20. The van der Waals surface area contributed by atoms with Crippen LogP contribution in [-0.2, 0) is 0 Å². The quantitative estimate of drug-likeness (QED) is 0.145. The average molecular weight is 1120 g/mol. The third kappa shape index (κ3) is 7.74. The molecule has 5 heterocycles. The van der Waals surface area contributed by atoms with Gasteiger partial charge in [-0.15, -0.1) is 0 Å². The van der Waals surface area contributed by atoms with Gasteiger partial charge in [-0.3, -0.25) is 0 Å². The van der Waals surface area contributed by atoms with Crippen LogP contribution >= 0.6 is 0 Å². The monoisotopic (exact) mass is 1120 g/mol. The van der Waals surface area contributed by atoms with E-state index in [4.69, 9.17) is 15.0 Å². The van der Waals surface area contributed by atoms with Crippen LogP contribution in [0.5, 0.6) is 0 Å². The number of benzene rings is 13. The molecule has 0 fully saturated rings. The fourth-order valence-electron chi connectivity index (χ4n) is 13.9. The summed E-state index contributed by atoms with van der Waals surface area (Å²) in [5.74, 6) is 1.76. The lowest BCUT2D eigenvalue weighted by Crippen LogP contribution is -2.05. The van der Waals surface area contributed by atoms with Crippen molar-refractivity contribution in [1.29, 1.82) is 0 Å². The standard InChI is InChI=1S/C81H51N7/c1-4-24-52(25-5-1)79-82-80(53-26-6-2-7-27-53)84-81(83-79)56-48-66(54-28-22-32-58(46-54)86-70-40-16-10-34-60(70)61-35-11-17-41-71(61)86)78(67(49-56)55-29-23-33-59(47-55)87-72-42-18-12-36-62(72)63-37-13-19-43-73(63)87)88-75-45-21-15-39-65(75)69-50-68-64-38-14-20-44-74(64)85(76(68)51-77(69)88)57-30-8-3-9-31-57/h1-51H. The van der Waals surface area contributed by atoms with Crippen molar-refractivity contribution < 1.29 is 0 Å². The first kappa shape index (κ1) is 49.5. The predicted octanol–water partition coefficient (Wildman–Crippen LogP) is 20.6. The van der Waals surface area contributed by atoms with Gasteiger partial charge in [0.25, 0.3) is 0 Å². The second-order valence-electron chi connectivity index (χ2n) is 22.7. The fraction of sp³-hybridized carbons (Fsp3) is 0. The van der Waals surface area contributed by atoms with E-state index in [-0.39, 0.29) is 0 Å². The van der Waals surface area contributed by atoms with Gasteiger partial charge in [0.05, 0.1) is 49.8 Å². The fourth-order valence-corrected chi connectivity index (χ4v) is 13.9. The van der Waals surface area contributed by atoms with Gasteiger partial charge in [-0.25, -0.2) is 15.0 Å². The van der Waals surface area contributed by atoms with Gasteiger partial charge in [0.1, 0.15) is 0 Å². The highest BCUT2D eigenvalue weighted by Crippen LogP contribution is 2.47. The minimum atomic E-state index is 0.565. The SMILES string of the molecule is c1ccc(-c2nc(-c3ccccc3)nc(-c3cc(-c4cccc(-n5c6ccccc6c6ccccc65)c4)c(-n4c5ccccc5c5cc6c7ccccc7n(-c7ccccc7)c6cc54)c(-c4cccc(-n5c6ccccc6c6ccccc65)c4)c3)n2)cc1. The van der Waals surface area contributed by atoms with Crippen molar-refractivity contribution in [3.63, 3.8) is 0 Å². The number of rotatable bonds is 9. The molecule has 88 heavy (non-hydrogen) atoms. The minimum Gasteiger partial charge on any atom is -0.309 e. The van der Waals surface area contributed by atoms with E-state index in [1.54, 1.807) is 0 Å². The van der Waals surface area contributed by atoms with Gasteiger partial charge in [0.2, 0.25) is 0 Å². The van der Waals surface area contributed by atoms with Gasteiger partial charge in [-0.05, 0) is 108 Å². The summed E-state index contributed by atoms with van der Waals surface area (Å²) in [6, 6.07) is 112. The third-order valence-electron chi connectivity index (χ3n) is 17.8. The molecule has 0 saturated carbocycles. The van der Waals surface area contributed by atoms with Crippen LogP contribution in [0.15, 0.2) is 309 Å². The summed E-state index contributed by atoms with van der Waals surface area (Å²) in [6.07, 6.45) is 0. The number of aromatic nitrogens is 7. The number of hydrogen-bond donors (Lipinski definition) is 0. The zero-order valence-corrected chi connectivity index (χ0v) is 47.6. The second kappa shape index (κ2) is 19.8. The highest BCUT2D eigenvalue weighted by Gasteiger charge is 2.26. The van der Waals surface area contributed by atoms with E-state index in [0.29, 0.717) is 17.5 Å². The van der Waals surface area contributed by atoms with Gasteiger partial charge < -0.3 is 18.3 Å². The molecular weight excluding hydrogens is 1070 g/mol. The Labute approximate surface area is 506 Å². The predicted molar refractivity (Wildman–Crippen MR) is 364 cm³/mol. The molecular formula is C81H51N7. The van der Waals surface area contributed by atoms with Crippen LogP contribution in [0, 0.1) is 0 Å². The molecule has 0 aliphatic rings. The van der Waals surface area contributed by atoms with Crippen molar-refractivity contribution in [1.82, 2.24) is 33.2 Å². The first-order valence-corrected chi connectivity index (χ1v) is 29.9. The second-order valence-corrected chi connectivity index (χ2v) is 22.7. The molecule has 18 aromatic rings. The Morgan fingerprint density at radius 1 is 0.182 bits per heavy atom. The zero-order chi connectivity index (χ0) is 57.8. The van der Waals surface area contributed by atoms with Gasteiger partial charge in [-0.1, -0.05) is 212 Å². The summed E-state index contributed by atoms with van der Waals surface area (Å²) < 4.78 is 9.80. The molecule has 0 unspecified atom stereocenters. The lowest BCUT2D eigenvalue weighted by Gasteiger charge is -2.22. The Morgan fingerprint density at radius 2 is 0.477 bits per heavy atom. The molecule has 0 radical (unpaired) electrons. The van der Waals surface area contributed by atoms with Crippen molar-refractivity contribution in [2.75, 3.05) is 0 Å². The van der Waals surface area contributed by atoms with E-state index < -0.39 is 0 Å². The van der Waals surface area contributed by atoms with Crippen molar-refractivity contribution >= 4 is 87.2 Å². The van der Waals surface area contributed by atoms with Crippen molar-refractivity contribution in [3.8, 4) is 79.2 Å². The molecule has 0 N–H and O–H groups in total. The summed E-state index contributed by atoms with van der Waals surface area (Å²) in [5, 5.41) is 9.55. The Balaban J connectivity index is 1.00. The maximum absolute atomic E-state index is 5.47. The Bertz CT molecular complexity index is 5470. The maximum Gasteiger partial charge on any atom is 0.164 e. The molecule has 18 rings (SSSR count). The maximum atomic E-state index is 5.47. The Kier molecular flexibility index (Phi) is 11.2. The van der Waals surface area contributed by atoms with E-state index in [9.17, 15) is 0 Å². The van der Waals surface area contributed by atoms with Crippen LogP contribution in [0.3, 0.4) is 0 Å². The summed E-state index contributed by atoms with van der Waals surface area (Å²) in [7, 11) is 0. The average Bonchev–Trinajstić information content (AvgIpc) is 1.71. The van der Waals surface area contributed by atoms with Crippen molar-refractivity contribution in [3.05, 3.63) is 309 Å². The Morgan fingerprint density at radius 3 is 0.886 bits per heavy atom. The molecule has 0 saturated heterocycles. The van der Waals surface area contributed by atoms with Gasteiger partial charge in [-0.2, -0.15) is 0 Å². The molecule has 7 nitrogen and oxygen atoms in total. The highest BCUT2D eigenvalue weighted by atomic mass is 15.0. The van der Waals surface area contributed by atoms with E-state index in [1.807, 2.05) is 36.4 Å². The molecule has 5 aromatic heterocycles. The zero-order valence-electron chi connectivity index (χ0n) is 47.6. The minimum absolute atomic E-state index is 0.565. The van der Waals surface area contributed by atoms with Crippen LogP contribution in [0.25, 0.3) is 166 Å². The van der Waals surface area contributed by atoms with Crippen LogP contribution in [0.4, 0.5) is 0 Å². The third-order valence-corrected chi connectivity index (χ3v) is 17.8. The summed E-state index contributed by atoms with van der Waals surface area (Å²) in [6.45, 7) is 0. The first-order valence-electron chi connectivity index (χ1n) is 29.9. The smallest absolute Gasteiger partial charge is 0.164 e. The molecule has 0 spiro atoms. The number of hydrogen-bond acceptors (Lipinski definition) is 3.